The average Bonchev–Trinajstić information content (AvgIpc) is 2.30. The van der Waals surface area contributed by atoms with Crippen LogP contribution in [0.1, 0.15) is 12.5 Å². The van der Waals surface area contributed by atoms with E-state index in [0.29, 0.717) is 6.54 Å². The first-order valence-corrected chi connectivity index (χ1v) is 5.79. The summed E-state index contributed by atoms with van der Waals surface area (Å²) in [6.45, 7) is 2.53. The van der Waals surface area contributed by atoms with Gasteiger partial charge in [-0.15, -0.1) is 0 Å². The van der Waals surface area contributed by atoms with Crippen LogP contribution >= 0.6 is 15.9 Å². The van der Waals surface area contributed by atoms with E-state index >= 15 is 0 Å². The van der Waals surface area contributed by atoms with E-state index in [1.807, 2.05) is 43.1 Å². The second-order valence-electron chi connectivity index (χ2n) is 3.73. The van der Waals surface area contributed by atoms with Crippen molar-refractivity contribution in [2.45, 2.75) is 19.5 Å². The minimum absolute atomic E-state index is 0.181. The highest BCUT2D eigenvalue weighted by molar-refractivity contribution is 9.10. The molecule has 0 saturated heterocycles. The maximum absolute atomic E-state index is 11.3. The third-order valence-electron chi connectivity index (χ3n) is 2.53. The molecule has 0 fully saturated rings. The van der Waals surface area contributed by atoms with E-state index in [9.17, 15) is 4.79 Å². The monoisotopic (exact) mass is 285 g/mol. The molecule has 0 bridgehead atoms. The van der Waals surface area contributed by atoms with Crippen molar-refractivity contribution in [3.8, 4) is 0 Å². The quantitative estimate of drug-likeness (QED) is 0.498. The van der Waals surface area contributed by atoms with E-state index in [4.69, 9.17) is 5.84 Å². The number of likely N-dealkylation sites (N-methyl/N-ethyl adjacent to an activating group) is 1. The fraction of sp³-hybridized carbons (Fsp3) is 0.364. The number of hydrogen-bond acceptors (Lipinski definition) is 3. The Bertz CT molecular complexity index is 353. The summed E-state index contributed by atoms with van der Waals surface area (Å²) < 4.78 is 1.05. The molecule has 3 N–H and O–H groups in total. The van der Waals surface area contributed by atoms with Gasteiger partial charge in [0.2, 0.25) is 0 Å². The van der Waals surface area contributed by atoms with Crippen molar-refractivity contribution in [3.63, 3.8) is 0 Å². The van der Waals surface area contributed by atoms with E-state index in [1.54, 1.807) is 0 Å². The lowest BCUT2D eigenvalue weighted by molar-refractivity contribution is -0.125. The molecule has 1 aromatic rings. The zero-order valence-corrected chi connectivity index (χ0v) is 11.0. The summed E-state index contributed by atoms with van der Waals surface area (Å²) in [5.41, 5.74) is 3.31. The van der Waals surface area contributed by atoms with Crippen molar-refractivity contribution in [1.82, 2.24) is 10.3 Å². The topological polar surface area (TPSA) is 58.4 Å². The standard InChI is InChI=1S/C11H16BrN3O/c1-8(11(16)14-13)15(2)7-9-3-5-10(12)6-4-9/h3-6,8H,7,13H2,1-2H3,(H,14,16). The Balaban J connectivity index is 2.60. The number of nitrogens with one attached hydrogen (secondary N) is 1. The second-order valence-corrected chi connectivity index (χ2v) is 4.64. The lowest BCUT2D eigenvalue weighted by atomic mass is 10.2. The van der Waals surface area contributed by atoms with Crippen molar-refractivity contribution < 1.29 is 4.79 Å². The predicted octanol–water partition coefficient (Wildman–Crippen LogP) is 1.26. The van der Waals surface area contributed by atoms with Crippen LogP contribution in [-0.2, 0) is 11.3 Å². The smallest absolute Gasteiger partial charge is 0.250 e. The molecule has 1 aromatic carbocycles. The first-order chi connectivity index (χ1) is 7.54. The van der Waals surface area contributed by atoms with Gasteiger partial charge in [0.15, 0.2) is 0 Å². The number of rotatable bonds is 4. The lowest BCUT2D eigenvalue weighted by Gasteiger charge is -2.22. The number of hydrogen-bond donors (Lipinski definition) is 2. The predicted molar refractivity (Wildman–Crippen MR) is 67.4 cm³/mol. The van der Waals surface area contributed by atoms with Crippen molar-refractivity contribution in [2.75, 3.05) is 7.05 Å². The summed E-state index contributed by atoms with van der Waals surface area (Å²) in [5, 5.41) is 0. The number of nitrogens with two attached hydrogens (primary N) is 1. The minimum atomic E-state index is -0.242. The summed E-state index contributed by atoms with van der Waals surface area (Å²) in [5.74, 6) is 4.91. The molecule has 0 aliphatic heterocycles. The first-order valence-electron chi connectivity index (χ1n) is 4.99. The van der Waals surface area contributed by atoms with Gasteiger partial charge in [-0.05, 0) is 31.7 Å². The van der Waals surface area contributed by atoms with E-state index < -0.39 is 0 Å². The Morgan fingerprint density at radius 3 is 2.56 bits per heavy atom. The van der Waals surface area contributed by atoms with Gasteiger partial charge in [0.05, 0.1) is 6.04 Å². The Morgan fingerprint density at radius 2 is 2.06 bits per heavy atom. The highest BCUT2D eigenvalue weighted by Gasteiger charge is 2.16. The summed E-state index contributed by atoms with van der Waals surface area (Å²) in [6, 6.07) is 7.77. The molecular formula is C11H16BrN3O. The zero-order chi connectivity index (χ0) is 12.1. The molecule has 1 amide bonds. The Hall–Kier alpha value is -0.910. The van der Waals surface area contributed by atoms with Gasteiger partial charge >= 0.3 is 0 Å². The van der Waals surface area contributed by atoms with Gasteiger partial charge in [-0.2, -0.15) is 0 Å². The molecule has 1 rings (SSSR count). The van der Waals surface area contributed by atoms with Crippen LogP contribution in [0, 0.1) is 0 Å². The van der Waals surface area contributed by atoms with Gasteiger partial charge in [0.1, 0.15) is 0 Å². The highest BCUT2D eigenvalue weighted by atomic mass is 79.9. The molecule has 16 heavy (non-hydrogen) atoms. The molecule has 1 unspecified atom stereocenters. The summed E-state index contributed by atoms with van der Waals surface area (Å²) in [6.07, 6.45) is 0. The molecular weight excluding hydrogens is 270 g/mol. The van der Waals surface area contributed by atoms with Gasteiger partial charge in [-0.3, -0.25) is 15.1 Å². The Morgan fingerprint density at radius 1 is 1.50 bits per heavy atom. The average molecular weight is 286 g/mol. The van der Waals surface area contributed by atoms with Crippen molar-refractivity contribution in [1.29, 1.82) is 0 Å². The first kappa shape index (κ1) is 13.2. The van der Waals surface area contributed by atoms with Crippen molar-refractivity contribution >= 4 is 21.8 Å². The number of carbonyl (C=O) groups excluding carboxylic acids is 1. The van der Waals surface area contributed by atoms with E-state index in [0.717, 1.165) is 10.0 Å². The molecule has 0 saturated carbocycles. The Kier molecular flexibility index (Phi) is 4.92. The van der Waals surface area contributed by atoms with Gasteiger partial charge in [-0.1, -0.05) is 28.1 Å². The van der Waals surface area contributed by atoms with Crippen LogP contribution in [-0.4, -0.2) is 23.9 Å². The van der Waals surface area contributed by atoms with Crippen LogP contribution < -0.4 is 11.3 Å². The maximum Gasteiger partial charge on any atom is 0.250 e. The van der Waals surface area contributed by atoms with Crippen LogP contribution in [0.15, 0.2) is 28.7 Å². The van der Waals surface area contributed by atoms with Crippen LogP contribution in [0.25, 0.3) is 0 Å². The maximum atomic E-state index is 11.3. The zero-order valence-electron chi connectivity index (χ0n) is 9.40. The fourth-order valence-electron chi connectivity index (χ4n) is 1.34. The molecule has 88 valence electrons. The van der Waals surface area contributed by atoms with Gasteiger partial charge < -0.3 is 0 Å². The number of benzene rings is 1. The van der Waals surface area contributed by atoms with Crippen LogP contribution in [0.4, 0.5) is 0 Å². The van der Waals surface area contributed by atoms with Gasteiger partial charge in [0.25, 0.3) is 5.91 Å². The third-order valence-corrected chi connectivity index (χ3v) is 3.06. The highest BCUT2D eigenvalue weighted by Crippen LogP contribution is 2.12. The molecule has 4 nitrogen and oxygen atoms in total. The second kappa shape index (κ2) is 5.98. The molecule has 0 heterocycles. The van der Waals surface area contributed by atoms with Gasteiger partial charge in [0, 0.05) is 11.0 Å². The normalized spacial score (nSPS) is 12.6. The molecule has 0 radical (unpaired) electrons. The minimum Gasteiger partial charge on any atom is -0.293 e. The van der Waals surface area contributed by atoms with E-state index in [-0.39, 0.29) is 11.9 Å². The van der Waals surface area contributed by atoms with Crippen LogP contribution in [0.3, 0.4) is 0 Å². The summed E-state index contributed by atoms with van der Waals surface area (Å²) in [4.78, 5) is 13.2. The van der Waals surface area contributed by atoms with Crippen molar-refractivity contribution in [2.24, 2.45) is 5.84 Å². The number of carbonyl (C=O) groups is 1. The molecule has 0 aromatic heterocycles. The molecule has 0 aliphatic rings. The van der Waals surface area contributed by atoms with Crippen molar-refractivity contribution in [3.05, 3.63) is 34.3 Å². The van der Waals surface area contributed by atoms with Gasteiger partial charge in [-0.25, -0.2) is 5.84 Å². The molecule has 5 heteroatoms. The van der Waals surface area contributed by atoms with Crippen LogP contribution in [0.5, 0.6) is 0 Å². The lowest BCUT2D eigenvalue weighted by Crippen LogP contribution is -2.45. The number of nitrogens with zero attached hydrogens (tertiary/aromatic N) is 1. The Labute approximate surface area is 104 Å². The van der Waals surface area contributed by atoms with E-state index in [1.165, 1.54) is 0 Å². The van der Waals surface area contributed by atoms with E-state index in [2.05, 4.69) is 21.4 Å². The number of amides is 1. The molecule has 1 atom stereocenters. The molecule has 0 spiro atoms. The summed E-state index contributed by atoms with van der Waals surface area (Å²) >= 11 is 3.38. The summed E-state index contributed by atoms with van der Waals surface area (Å²) in [7, 11) is 1.89. The number of halogens is 1. The number of hydrazine groups is 1. The SMILES string of the molecule is CC(C(=O)NN)N(C)Cc1ccc(Br)cc1. The third kappa shape index (κ3) is 3.59. The fourth-order valence-corrected chi connectivity index (χ4v) is 1.60. The largest absolute Gasteiger partial charge is 0.293 e. The van der Waals surface area contributed by atoms with Crippen LogP contribution in [0.2, 0.25) is 0 Å². The molecule has 0 aliphatic carbocycles.